The van der Waals surface area contributed by atoms with Crippen molar-refractivity contribution >= 4 is 31.3 Å². The zero-order chi connectivity index (χ0) is 15.5. The summed E-state index contributed by atoms with van der Waals surface area (Å²) in [6, 6.07) is 4.49. The second-order valence-electron chi connectivity index (χ2n) is 5.59. The highest BCUT2D eigenvalue weighted by Crippen LogP contribution is 2.26. The first kappa shape index (κ1) is 16.3. The molecule has 1 amide bonds. The Morgan fingerprint density at radius 1 is 1.19 bits per heavy atom. The van der Waals surface area contributed by atoms with Crippen LogP contribution in [0.3, 0.4) is 0 Å². The maximum absolute atomic E-state index is 12.3. The van der Waals surface area contributed by atoms with Gasteiger partial charge in [0.2, 0.25) is 5.91 Å². The predicted molar refractivity (Wildman–Crippen MR) is 84.0 cm³/mol. The summed E-state index contributed by atoms with van der Waals surface area (Å²) in [5.74, 6) is 0.0878. The van der Waals surface area contributed by atoms with Crippen LogP contribution in [-0.2, 0) is 13.8 Å². The van der Waals surface area contributed by atoms with Crippen molar-refractivity contribution in [3.05, 3.63) is 23.8 Å². The molecule has 1 saturated carbocycles. The highest BCUT2D eigenvalue weighted by molar-refractivity contribution is 8.13. The van der Waals surface area contributed by atoms with E-state index >= 15 is 0 Å². The third-order valence-corrected chi connectivity index (χ3v) is 5.31. The van der Waals surface area contributed by atoms with Crippen LogP contribution in [0.5, 0.6) is 0 Å². The van der Waals surface area contributed by atoms with Crippen molar-refractivity contribution in [2.45, 2.75) is 50.3 Å². The number of rotatable bonds is 3. The maximum atomic E-state index is 12.3. The smallest absolute Gasteiger partial charge is 0.261 e. The molecule has 0 aromatic heterocycles. The van der Waals surface area contributed by atoms with Gasteiger partial charge in [-0.2, -0.15) is 0 Å². The molecule has 0 aliphatic heterocycles. The lowest BCUT2D eigenvalue weighted by molar-refractivity contribution is -0.120. The van der Waals surface area contributed by atoms with Gasteiger partial charge in [0.05, 0.1) is 4.90 Å². The van der Waals surface area contributed by atoms with Crippen LogP contribution in [0, 0.1) is 12.8 Å². The van der Waals surface area contributed by atoms with E-state index in [1.807, 2.05) is 0 Å². The Bertz CT molecular complexity index is 620. The number of carbonyl (C=O) groups excluding carboxylic acids is 1. The van der Waals surface area contributed by atoms with Gasteiger partial charge >= 0.3 is 0 Å². The fourth-order valence-corrected chi connectivity index (χ4v) is 3.54. The molecule has 1 aromatic carbocycles. The van der Waals surface area contributed by atoms with Crippen LogP contribution in [0.15, 0.2) is 23.1 Å². The lowest BCUT2D eigenvalue weighted by Crippen LogP contribution is -2.22. The molecule has 4 nitrogen and oxygen atoms in total. The van der Waals surface area contributed by atoms with Gasteiger partial charge < -0.3 is 5.32 Å². The number of hydrogen-bond acceptors (Lipinski definition) is 3. The SMILES string of the molecule is Cc1cc(S(=O)(=O)Cl)ccc1NC(=O)C1CCCCCC1. The van der Waals surface area contributed by atoms with Gasteiger partial charge in [-0.15, -0.1) is 0 Å². The molecular formula is C15H20ClNO3S. The first-order valence-electron chi connectivity index (χ1n) is 7.24. The zero-order valence-electron chi connectivity index (χ0n) is 12.1. The molecule has 0 spiro atoms. The molecule has 0 unspecified atom stereocenters. The molecular weight excluding hydrogens is 310 g/mol. The van der Waals surface area contributed by atoms with Gasteiger partial charge in [0.25, 0.3) is 9.05 Å². The molecule has 1 aromatic rings. The number of aryl methyl sites for hydroxylation is 1. The van der Waals surface area contributed by atoms with Gasteiger partial charge in [-0.3, -0.25) is 4.79 Å². The fourth-order valence-electron chi connectivity index (χ4n) is 2.70. The lowest BCUT2D eigenvalue weighted by Gasteiger charge is -2.15. The Balaban J connectivity index is 2.10. The molecule has 1 aliphatic carbocycles. The number of halogens is 1. The summed E-state index contributed by atoms with van der Waals surface area (Å²) >= 11 is 0. The van der Waals surface area contributed by atoms with Crippen molar-refractivity contribution < 1.29 is 13.2 Å². The van der Waals surface area contributed by atoms with E-state index in [1.54, 1.807) is 13.0 Å². The average molecular weight is 330 g/mol. The summed E-state index contributed by atoms with van der Waals surface area (Å²) < 4.78 is 22.6. The first-order chi connectivity index (χ1) is 9.88. The van der Waals surface area contributed by atoms with Crippen molar-refractivity contribution in [3.63, 3.8) is 0 Å². The summed E-state index contributed by atoms with van der Waals surface area (Å²) in [4.78, 5) is 12.3. The Morgan fingerprint density at radius 3 is 2.33 bits per heavy atom. The molecule has 116 valence electrons. The van der Waals surface area contributed by atoms with Crippen molar-refractivity contribution in [1.29, 1.82) is 0 Å². The normalized spacial score (nSPS) is 17.2. The Kier molecular flexibility index (Phi) is 5.27. The fraction of sp³-hybridized carbons (Fsp3) is 0.533. The largest absolute Gasteiger partial charge is 0.326 e. The molecule has 0 saturated heterocycles. The minimum Gasteiger partial charge on any atom is -0.326 e. The van der Waals surface area contributed by atoms with Crippen LogP contribution in [0.1, 0.15) is 44.1 Å². The van der Waals surface area contributed by atoms with Crippen molar-refractivity contribution in [2.24, 2.45) is 5.92 Å². The van der Waals surface area contributed by atoms with Crippen LogP contribution in [0.25, 0.3) is 0 Å². The van der Waals surface area contributed by atoms with E-state index in [1.165, 1.54) is 25.0 Å². The molecule has 0 atom stereocenters. The topological polar surface area (TPSA) is 63.2 Å². The van der Waals surface area contributed by atoms with Crippen LogP contribution in [-0.4, -0.2) is 14.3 Å². The molecule has 6 heteroatoms. The summed E-state index contributed by atoms with van der Waals surface area (Å²) in [5, 5.41) is 2.91. The molecule has 1 N–H and O–H groups in total. The molecule has 0 bridgehead atoms. The van der Waals surface area contributed by atoms with E-state index in [2.05, 4.69) is 5.32 Å². The molecule has 1 fully saturated rings. The van der Waals surface area contributed by atoms with Gasteiger partial charge in [0, 0.05) is 22.3 Å². The third-order valence-electron chi connectivity index (χ3n) is 3.96. The number of amides is 1. The first-order valence-corrected chi connectivity index (χ1v) is 9.55. The summed E-state index contributed by atoms with van der Waals surface area (Å²) in [6.45, 7) is 1.76. The lowest BCUT2D eigenvalue weighted by atomic mass is 9.99. The maximum Gasteiger partial charge on any atom is 0.261 e. The van der Waals surface area contributed by atoms with E-state index in [0.29, 0.717) is 11.3 Å². The van der Waals surface area contributed by atoms with Gasteiger partial charge in [-0.1, -0.05) is 25.7 Å². The monoisotopic (exact) mass is 329 g/mol. The molecule has 1 aliphatic rings. The van der Waals surface area contributed by atoms with Gasteiger partial charge in [0.15, 0.2) is 0 Å². The summed E-state index contributed by atoms with van der Waals surface area (Å²) in [5.41, 5.74) is 1.34. The molecule has 0 heterocycles. The van der Waals surface area contributed by atoms with Crippen LogP contribution >= 0.6 is 10.7 Å². The standard InChI is InChI=1S/C15H20ClNO3S/c1-11-10-13(21(16,19)20)8-9-14(11)17-15(18)12-6-4-2-3-5-7-12/h8-10,12H,2-7H2,1H3,(H,17,18). The van der Waals surface area contributed by atoms with Crippen LogP contribution < -0.4 is 5.32 Å². The van der Waals surface area contributed by atoms with Gasteiger partial charge in [-0.25, -0.2) is 8.42 Å². The van der Waals surface area contributed by atoms with E-state index < -0.39 is 9.05 Å². The van der Waals surface area contributed by atoms with Crippen molar-refractivity contribution in [3.8, 4) is 0 Å². The molecule has 21 heavy (non-hydrogen) atoms. The molecule has 0 radical (unpaired) electrons. The van der Waals surface area contributed by atoms with Crippen LogP contribution in [0.2, 0.25) is 0 Å². The Hall–Kier alpha value is -1.07. The van der Waals surface area contributed by atoms with Crippen molar-refractivity contribution in [1.82, 2.24) is 0 Å². The predicted octanol–water partition coefficient (Wildman–Crippen LogP) is 3.83. The molecule has 2 rings (SSSR count). The summed E-state index contributed by atoms with van der Waals surface area (Å²) in [7, 11) is 1.58. The van der Waals surface area contributed by atoms with E-state index in [9.17, 15) is 13.2 Å². The average Bonchev–Trinajstić information content (AvgIpc) is 2.68. The number of anilines is 1. The number of carbonyl (C=O) groups is 1. The third kappa shape index (κ3) is 4.45. The Labute approximate surface area is 130 Å². The minimum atomic E-state index is -3.74. The second-order valence-corrected chi connectivity index (χ2v) is 8.16. The van der Waals surface area contributed by atoms with E-state index in [4.69, 9.17) is 10.7 Å². The van der Waals surface area contributed by atoms with Gasteiger partial charge in [-0.05, 0) is 43.5 Å². The van der Waals surface area contributed by atoms with Crippen LogP contribution in [0.4, 0.5) is 5.69 Å². The number of nitrogens with one attached hydrogen (secondary N) is 1. The second kappa shape index (κ2) is 6.79. The number of benzene rings is 1. The van der Waals surface area contributed by atoms with E-state index in [-0.39, 0.29) is 16.7 Å². The highest BCUT2D eigenvalue weighted by Gasteiger charge is 2.21. The van der Waals surface area contributed by atoms with Gasteiger partial charge in [0.1, 0.15) is 0 Å². The zero-order valence-corrected chi connectivity index (χ0v) is 13.6. The van der Waals surface area contributed by atoms with Crippen molar-refractivity contribution in [2.75, 3.05) is 5.32 Å². The highest BCUT2D eigenvalue weighted by atomic mass is 35.7. The summed E-state index contributed by atoms with van der Waals surface area (Å²) in [6.07, 6.45) is 6.45. The number of hydrogen-bond donors (Lipinski definition) is 1. The van der Waals surface area contributed by atoms with E-state index in [0.717, 1.165) is 25.7 Å². The minimum absolute atomic E-state index is 0.0291. The quantitative estimate of drug-likeness (QED) is 0.677. The Morgan fingerprint density at radius 2 is 1.81 bits per heavy atom.